The third-order valence-corrected chi connectivity index (χ3v) is 6.45. The van der Waals surface area contributed by atoms with E-state index in [1.165, 1.54) is 23.5 Å². The van der Waals surface area contributed by atoms with Crippen LogP contribution < -0.4 is 26.8 Å². The summed E-state index contributed by atoms with van der Waals surface area (Å²) < 4.78 is 29.1. The molecule has 1 heterocycles. The molecule has 208 valence electrons. The average Bonchev–Trinajstić information content (AvgIpc) is 3.32. The molecule has 0 saturated carbocycles. The Bertz CT molecular complexity index is 1260. The number of nitrogens with one attached hydrogen (secondary N) is 2. The number of aromatic nitrogens is 2. The van der Waals surface area contributed by atoms with Crippen LogP contribution in [0.3, 0.4) is 0 Å². The monoisotopic (exact) mass is 558 g/mol. The lowest BCUT2D eigenvalue weighted by atomic mass is 10.0. The second kappa shape index (κ2) is 15.4. The predicted octanol–water partition coefficient (Wildman–Crippen LogP) is 4.46. The highest BCUT2D eigenvalue weighted by Gasteiger charge is 2.11. The van der Waals surface area contributed by atoms with Gasteiger partial charge in [0, 0.05) is 18.5 Å². The van der Waals surface area contributed by atoms with Crippen LogP contribution in [0, 0.1) is 0 Å². The Labute approximate surface area is 229 Å². The molecule has 0 radical (unpaired) electrons. The molecule has 0 saturated heterocycles. The fourth-order valence-electron chi connectivity index (χ4n) is 3.72. The smallest absolute Gasteiger partial charge is 0.387 e. The number of unbranched alkanes of at least 4 members (excludes halogenated alkanes) is 1. The normalized spacial score (nSPS) is 13.8. The Kier molecular flexibility index (Phi) is 11.6. The van der Waals surface area contributed by atoms with E-state index in [-0.39, 0.29) is 29.8 Å². The number of benzene rings is 1. The summed E-state index contributed by atoms with van der Waals surface area (Å²) in [7, 11) is 0. The van der Waals surface area contributed by atoms with Crippen LogP contribution in [-0.2, 0) is 22.4 Å². The fourth-order valence-corrected chi connectivity index (χ4v) is 4.52. The lowest BCUT2D eigenvalue weighted by Gasteiger charge is -2.09. The number of nitrogens with zero attached hydrogens (tertiary/aromatic N) is 2. The Morgan fingerprint density at radius 3 is 2.74 bits per heavy atom. The van der Waals surface area contributed by atoms with Gasteiger partial charge in [0.15, 0.2) is 0 Å². The van der Waals surface area contributed by atoms with Crippen LogP contribution in [0.4, 0.5) is 13.9 Å². The van der Waals surface area contributed by atoms with E-state index >= 15 is 0 Å². The summed E-state index contributed by atoms with van der Waals surface area (Å²) in [6, 6.07) is 5.99. The molecule has 1 aliphatic rings. The van der Waals surface area contributed by atoms with Crippen LogP contribution in [0.2, 0.25) is 0 Å². The van der Waals surface area contributed by atoms with Crippen molar-refractivity contribution in [2.75, 3.05) is 5.32 Å². The molecule has 0 unspecified atom stereocenters. The number of aryl methyl sites for hydroxylation is 1. The van der Waals surface area contributed by atoms with Gasteiger partial charge < -0.3 is 26.8 Å². The molecule has 2 aromatic rings. The van der Waals surface area contributed by atoms with E-state index in [9.17, 15) is 18.4 Å². The van der Waals surface area contributed by atoms with Gasteiger partial charge in [0.25, 0.3) is 0 Å². The zero-order valence-electron chi connectivity index (χ0n) is 21.4. The number of anilines is 1. The van der Waals surface area contributed by atoms with Crippen LogP contribution in [-0.4, -0.2) is 28.6 Å². The molecular weight excluding hydrogens is 526 g/mol. The number of nitrogens with two attached hydrogens (primary N) is 2. The van der Waals surface area contributed by atoms with E-state index in [4.69, 9.17) is 11.5 Å². The van der Waals surface area contributed by atoms with Gasteiger partial charge in [0.1, 0.15) is 16.6 Å². The number of rotatable bonds is 14. The first-order chi connectivity index (χ1) is 18.8. The van der Waals surface area contributed by atoms with Gasteiger partial charge in [0.05, 0.1) is 6.42 Å². The van der Waals surface area contributed by atoms with E-state index < -0.39 is 6.61 Å². The van der Waals surface area contributed by atoms with Gasteiger partial charge in [0.2, 0.25) is 16.9 Å². The van der Waals surface area contributed by atoms with Gasteiger partial charge in [-0.2, -0.15) is 8.78 Å². The molecule has 6 N–H and O–H groups in total. The molecule has 12 heteroatoms. The van der Waals surface area contributed by atoms with E-state index in [1.54, 1.807) is 24.3 Å². The molecule has 1 aromatic heterocycles. The van der Waals surface area contributed by atoms with Crippen molar-refractivity contribution in [3.63, 3.8) is 0 Å². The molecule has 0 atom stereocenters. The largest absolute Gasteiger partial charge is 0.435 e. The Balaban J connectivity index is 1.34. The van der Waals surface area contributed by atoms with Gasteiger partial charge >= 0.3 is 6.61 Å². The quantitative estimate of drug-likeness (QED) is 0.198. The molecule has 1 aliphatic carbocycles. The molecule has 2 amide bonds. The average molecular weight is 559 g/mol. The summed E-state index contributed by atoms with van der Waals surface area (Å²) in [5, 5.41) is 14.6. The molecule has 0 aliphatic heterocycles. The van der Waals surface area contributed by atoms with Crippen molar-refractivity contribution in [1.82, 2.24) is 15.5 Å². The number of amides is 2. The number of allylic oxidation sites excluding steroid dienone is 6. The lowest BCUT2D eigenvalue weighted by Crippen LogP contribution is -2.27. The molecule has 0 bridgehead atoms. The number of alkyl halides is 2. The maximum Gasteiger partial charge on any atom is 0.387 e. The van der Waals surface area contributed by atoms with Crippen molar-refractivity contribution in [3.05, 3.63) is 82.3 Å². The Morgan fingerprint density at radius 2 is 1.97 bits per heavy atom. The van der Waals surface area contributed by atoms with Crippen molar-refractivity contribution in [1.29, 1.82) is 0 Å². The van der Waals surface area contributed by atoms with E-state index in [0.717, 1.165) is 36.3 Å². The first-order valence-electron chi connectivity index (χ1n) is 12.5. The molecular formula is C27H32F2N6O3S. The van der Waals surface area contributed by atoms with Gasteiger partial charge in [-0.05, 0) is 62.0 Å². The Morgan fingerprint density at radius 1 is 1.13 bits per heavy atom. The van der Waals surface area contributed by atoms with Crippen LogP contribution >= 0.6 is 11.3 Å². The standard InChI is InChI=1S/C27H32F2N6O3S/c28-26(29)38-21-11-6-9-19(15-21)17-24(37)33-27-35-34-25(39-27)12-5-4-10-20(30)13-14-22(31)32-23(36)16-18-7-2-1-3-8-18/h1-2,6-7,9,11,13-15,26H,3-5,8,10,12,16-17,30-31H2,(H,32,36)(H,33,35,37)/b20-13-,22-14+. The van der Waals surface area contributed by atoms with Gasteiger partial charge in [-0.15, -0.1) is 10.2 Å². The van der Waals surface area contributed by atoms with Crippen LogP contribution in [0.15, 0.2) is 71.7 Å². The molecule has 9 nitrogen and oxygen atoms in total. The van der Waals surface area contributed by atoms with Crippen molar-refractivity contribution in [3.8, 4) is 5.75 Å². The summed E-state index contributed by atoms with van der Waals surface area (Å²) in [4.78, 5) is 24.4. The van der Waals surface area contributed by atoms with Crippen molar-refractivity contribution < 1.29 is 23.1 Å². The summed E-state index contributed by atoms with van der Waals surface area (Å²) in [6.07, 6.45) is 14.3. The summed E-state index contributed by atoms with van der Waals surface area (Å²) >= 11 is 1.28. The SMILES string of the molecule is N/C(=C\C=C(/N)NC(=O)CC1=CC=CCC1)CCCCc1nnc(NC(=O)Cc2cccc(OC(F)F)c2)s1. The summed E-state index contributed by atoms with van der Waals surface area (Å²) in [5.41, 5.74) is 14.2. The van der Waals surface area contributed by atoms with E-state index in [1.807, 2.05) is 12.2 Å². The zero-order valence-corrected chi connectivity index (χ0v) is 22.2. The molecule has 0 fully saturated rings. The lowest BCUT2D eigenvalue weighted by molar-refractivity contribution is -0.119. The highest BCUT2D eigenvalue weighted by molar-refractivity contribution is 7.15. The second-order valence-corrected chi connectivity index (χ2v) is 9.90. The minimum Gasteiger partial charge on any atom is -0.435 e. The number of hydrogen-bond donors (Lipinski definition) is 4. The topological polar surface area (TPSA) is 145 Å². The molecule has 39 heavy (non-hydrogen) atoms. The number of halogens is 2. The second-order valence-electron chi connectivity index (χ2n) is 8.84. The third-order valence-electron chi connectivity index (χ3n) is 5.56. The first kappa shape index (κ1) is 29.5. The Hall–Kier alpha value is -4.06. The highest BCUT2D eigenvalue weighted by Crippen LogP contribution is 2.20. The number of hydrogen-bond acceptors (Lipinski definition) is 8. The van der Waals surface area contributed by atoms with Crippen LogP contribution in [0.5, 0.6) is 5.75 Å². The number of carbonyl (C=O) groups is 2. The van der Waals surface area contributed by atoms with Crippen LogP contribution in [0.1, 0.15) is 49.1 Å². The summed E-state index contributed by atoms with van der Waals surface area (Å²) in [6.45, 7) is -2.93. The number of ether oxygens (including phenoxy) is 1. The van der Waals surface area contributed by atoms with E-state index in [2.05, 4.69) is 31.6 Å². The molecule has 1 aromatic carbocycles. The zero-order chi connectivity index (χ0) is 28.0. The fraction of sp³-hybridized carbons (Fsp3) is 0.333. The maximum atomic E-state index is 12.4. The number of carbonyl (C=O) groups excluding carboxylic acids is 2. The molecule has 3 rings (SSSR count). The minimum atomic E-state index is -2.93. The van der Waals surface area contributed by atoms with Crippen molar-refractivity contribution in [2.24, 2.45) is 11.5 Å². The summed E-state index contributed by atoms with van der Waals surface area (Å²) in [5.74, 6) is -0.251. The third kappa shape index (κ3) is 11.5. The minimum absolute atomic E-state index is 0.00351. The highest BCUT2D eigenvalue weighted by atomic mass is 32.1. The van der Waals surface area contributed by atoms with Gasteiger partial charge in [-0.1, -0.05) is 47.3 Å². The first-order valence-corrected chi connectivity index (χ1v) is 13.3. The van der Waals surface area contributed by atoms with Crippen molar-refractivity contribution >= 4 is 28.3 Å². The predicted molar refractivity (Wildman–Crippen MR) is 147 cm³/mol. The van der Waals surface area contributed by atoms with E-state index in [0.29, 0.717) is 35.7 Å². The maximum absolute atomic E-state index is 12.4. The van der Waals surface area contributed by atoms with Gasteiger partial charge in [-0.25, -0.2) is 0 Å². The van der Waals surface area contributed by atoms with Gasteiger partial charge in [-0.3, -0.25) is 9.59 Å². The van der Waals surface area contributed by atoms with Crippen LogP contribution in [0.25, 0.3) is 0 Å². The van der Waals surface area contributed by atoms with Crippen molar-refractivity contribution in [2.45, 2.75) is 58.0 Å². The molecule has 0 spiro atoms.